The van der Waals surface area contributed by atoms with E-state index in [2.05, 4.69) is 10.6 Å². The highest BCUT2D eigenvalue weighted by Crippen LogP contribution is 2.27. The molecule has 0 saturated carbocycles. The van der Waals surface area contributed by atoms with E-state index in [1.54, 1.807) is 0 Å². The molecule has 7 nitrogen and oxygen atoms in total. The molecule has 0 aliphatic carbocycles. The quantitative estimate of drug-likeness (QED) is 0.678. The number of piperidine rings is 1. The van der Waals surface area contributed by atoms with E-state index in [4.69, 9.17) is 0 Å². The summed E-state index contributed by atoms with van der Waals surface area (Å²) in [4.78, 5) is 23.3. The summed E-state index contributed by atoms with van der Waals surface area (Å²) in [7, 11) is -3.73. The van der Waals surface area contributed by atoms with Crippen LogP contribution in [-0.4, -0.2) is 50.2 Å². The first-order chi connectivity index (χ1) is 12.9. The fourth-order valence-corrected chi connectivity index (χ4v) is 4.80. The Morgan fingerprint density at radius 1 is 1.11 bits per heavy atom. The van der Waals surface area contributed by atoms with Crippen molar-refractivity contribution < 1.29 is 22.4 Å². The molecule has 1 aliphatic heterocycles. The second kappa shape index (κ2) is 9.80. The van der Waals surface area contributed by atoms with Crippen LogP contribution in [-0.2, 0) is 19.6 Å². The monoisotopic (exact) mass is 399 g/mol. The van der Waals surface area contributed by atoms with Crippen molar-refractivity contribution in [1.29, 1.82) is 0 Å². The van der Waals surface area contributed by atoms with Crippen LogP contribution < -0.4 is 10.6 Å². The number of hydrogen-bond acceptors (Lipinski definition) is 4. The Labute approximate surface area is 159 Å². The molecule has 2 N–H and O–H groups in total. The number of nitrogens with zero attached hydrogens (tertiary/aromatic N) is 1. The van der Waals surface area contributed by atoms with Gasteiger partial charge >= 0.3 is 11.8 Å². The van der Waals surface area contributed by atoms with Gasteiger partial charge in [-0.2, -0.15) is 4.31 Å². The van der Waals surface area contributed by atoms with Gasteiger partial charge in [0.2, 0.25) is 10.0 Å². The highest BCUT2D eigenvalue weighted by molar-refractivity contribution is 7.89. The third-order valence-electron chi connectivity index (χ3n) is 4.50. The number of benzene rings is 1. The standard InChI is InChI=1S/C18H26FN3O4S/c1-2-11-20-17(23)18(24)21-12-10-15-5-3-4-13-22(15)27(25,26)16-8-6-14(19)7-9-16/h6-9,15H,2-5,10-13H2,1H3,(H,20,23)(H,21,24). The fraction of sp³-hybridized carbons (Fsp3) is 0.556. The lowest BCUT2D eigenvalue weighted by Crippen LogP contribution is -2.46. The SMILES string of the molecule is CCCNC(=O)C(=O)NCCC1CCCCN1S(=O)(=O)c1ccc(F)cc1. The molecule has 1 aromatic rings. The van der Waals surface area contributed by atoms with Gasteiger partial charge in [0, 0.05) is 25.7 Å². The summed E-state index contributed by atoms with van der Waals surface area (Å²) in [5.74, 6) is -1.89. The predicted octanol–water partition coefficient (Wildman–Crippen LogP) is 1.40. The van der Waals surface area contributed by atoms with Crippen LogP contribution in [0.1, 0.15) is 39.0 Å². The third kappa shape index (κ3) is 5.74. The van der Waals surface area contributed by atoms with Crippen LogP contribution in [0.25, 0.3) is 0 Å². The Kier molecular flexibility index (Phi) is 7.73. The van der Waals surface area contributed by atoms with E-state index in [0.29, 0.717) is 25.9 Å². The van der Waals surface area contributed by atoms with Crippen LogP contribution >= 0.6 is 0 Å². The Morgan fingerprint density at radius 3 is 2.37 bits per heavy atom. The van der Waals surface area contributed by atoms with Gasteiger partial charge in [-0.05, 0) is 49.9 Å². The van der Waals surface area contributed by atoms with Gasteiger partial charge in [0.15, 0.2) is 0 Å². The minimum absolute atomic E-state index is 0.0544. The summed E-state index contributed by atoms with van der Waals surface area (Å²) in [5, 5.41) is 5.03. The molecular weight excluding hydrogens is 373 g/mol. The number of hydrogen-bond donors (Lipinski definition) is 2. The molecule has 1 atom stereocenters. The predicted molar refractivity (Wildman–Crippen MR) is 98.9 cm³/mol. The molecule has 0 spiro atoms. The molecule has 27 heavy (non-hydrogen) atoms. The molecule has 150 valence electrons. The minimum Gasteiger partial charge on any atom is -0.348 e. The van der Waals surface area contributed by atoms with Crippen molar-refractivity contribution in [2.75, 3.05) is 19.6 Å². The Morgan fingerprint density at radius 2 is 1.74 bits per heavy atom. The summed E-state index contributed by atoms with van der Waals surface area (Å²) >= 11 is 0. The topological polar surface area (TPSA) is 95.6 Å². The van der Waals surface area contributed by atoms with Crippen LogP contribution in [0, 0.1) is 5.82 Å². The molecule has 2 rings (SSSR count). The lowest BCUT2D eigenvalue weighted by molar-refractivity contribution is -0.139. The van der Waals surface area contributed by atoms with E-state index in [0.717, 1.165) is 31.4 Å². The van der Waals surface area contributed by atoms with Crippen molar-refractivity contribution in [3.05, 3.63) is 30.1 Å². The normalized spacial score (nSPS) is 18.1. The van der Waals surface area contributed by atoms with Crippen LogP contribution in [0.3, 0.4) is 0 Å². The maximum atomic E-state index is 13.1. The third-order valence-corrected chi connectivity index (χ3v) is 6.46. The van der Waals surface area contributed by atoms with Crippen LogP contribution in [0.4, 0.5) is 4.39 Å². The first-order valence-electron chi connectivity index (χ1n) is 9.19. The molecule has 1 saturated heterocycles. The number of carbonyl (C=O) groups is 2. The molecule has 1 aromatic carbocycles. The Hall–Kier alpha value is -2.00. The van der Waals surface area contributed by atoms with Gasteiger partial charge in [0.1, 0.15) is 5.82 Å². The van der Waals surface area contributed by atoms with Crippen LogP contribution in [0.2, 0.25) is 0 Å². The van der Waals surface area contributed by atoms with E-state index in [1.807, 2.05) is 6.92 Å². The van der Waals surface area contributed by atoms with Gasteiger partial charge < -0.3 is 10.6 Å². The number of nitrogens with one attached hydrogen (secondary N) is 2. The first kappa shape index (κ1) is 21.3. The zero-order valence-corrected chi connectivity index (χ0v) is 16.2. The van der Waals surface area contributed by atoms with Gasteiger partial charge in [-0.1, -0.05) is 13.3 Å². The van der Waals surface area contributed by atoms with Crippen molar-refractivity contribution >= 4 is 21.8 Å². The van der Waals surface area contributed by atoms with E-state index < -0.39 is 27.7 Å². The smallest absolute Gasteiger partial charge is 0.309 e. The van der Waals surface area contributed by atoms with Crippen molar-refractivity contribution in [3.8, 4) is 0 Å². The van der Waals surface area contributed by atoms with Crippen molar-refractivity contribution in [2.45, 2.75) is 50.0 Å². The van der Waals surface area contributed by atoms with Gasteiger partial charge in [0.25, 0.3) is 0 Å². The number of carbonyl (C=O) groups excluding carboxylic acids is 2. The average molecular weight is 399 g/mol. The summed E-state index contributed by atoms with van der Waals surface area (Å²) < 4.78 is 40.3. The maximum Gasteiger partial charge on any atom is 0.309 e. The Balaban J connectivity index is 1.97. The molecule has 0 aromatic heterocycles. The molecule has 1 unspecified atom stereocenters. The summed E-state index contributed by atoms with van der Waals surface area (Å²) in [6, 6.07) is 4.50. The van der Waals surface area contributed by atoms with Crippen molar-refractivity contribution in [1.82, 2.24) is 14.9 Å². The number of amides is 2. The van der Waals surface area contributed by atoms with Crippen molar-refractivity contribution in [3.63, 3.8) is 0 Å². The molecule has 0 bridgehead atoms. The van der Waals surface area contributed by atoms with Gasteiger partial charge in [-0.25, -0.2) is 12.8 Å². The summed E-state index contributed by atoms with van der Waals surface area (Å²) in [6.45, 7) is 2.91. The largest absolute Gasteiger partial charge is 0.348 e. The second-order valence-electron chi connectivity index (χ2n) is 6.52. The van der Waals surface area contributed by atoms with Gasteiger partial charge in [-0.15, -0.1) is 0 Å². The minimum atomic E-state index is -3.73. The molecule has 0 radical (unpaired) electrons. The van der Waals surface area contributed by atoms with Crippen molar-refractivity contribution in [2.24, 2.45) is 0 Å². The first-order valence-corrected chi connectivity index (χ1v) is 10.6. The van der Waals surface area contributed by atoms with Gasteiger partial charge in [-0.3, -0.25) is 9.59 Å². The van der Waals surface area contributed by atoms with E-state index >= 15 is 0 Å². The Bertz CT molecular complexity index is 752. The maximum absolute atomic E-state index is 13.1. The highest BCUT2D eigenvalue weighted by atomic mass is 32.2. The number of rotatable bonds is 7. The molecule has 1 aliphatic rings. The summed E-state index contributed by atoms with van der Waals surface area (Å²) in [6.07, 6.45) is 3.47. The fourth-order valence-electron chi connectivity index (χ4n) is 3.07. The van der Waals surface area contributed by atoms with Crippen LogP contribution in [0.5, 0.6) is 0 Å². The van der Waals surface area contributed by atoms with E-state index in [9.17, 15) is 22.4 Å². The van der Waals surface area contributed by atoms with Crippen LogP contribution in [0.15, 0.2) is 29.2 Å². The highest BCUT2D eigenvalue weighted by Gasteiger charge is 2.33. The lowest BCUT2D eigenvalue weighted by atomic mass is 10.0. The van der Waals surface area contributed by atoms with E-state index in [-0.39, 0.29) is 17.5 Å². The molecule has 9 heteroatoms. The van der Waals surface area contributed by atoms with Gasteiger partial charge in [0.05, 0.1) is 4.90 Å². The zero-order valence-electron chi connectivity index (χ0n) is 15.4. The second-order valence-corrected chi connectivity index (χ2v) is 8.41. The molecule has 1 fully saturated rings. The summed E-state index contributed by atoms with van der Waals surface area (Å²) in [5.41, 5.74) is 0. The molecule has 2 amide bonds. The number of sulfonamides is 1. The molecule has 1 heterocycles. The van der Waals surface area contributed by atoms with E-state index in [1.165, 1.54) is 16.4 Å². The average Bonchev–Trinajstić information content (AvgIpc) is 2.66. The lowest BCUT2D eigenvalue weighted by Gasteiger charge is -2.34. The molecular formula is C18H26FN3O4S. The zero-order chi connectivity index (χ0) is 19.9. The number of halogens is 1.